The molecule has 0 aliphatic heterocycles. The maximum absolute atomic E-state index is 11.0. The number of aliphatic hydroxyl groups is 1. The zero-order valence-electron chi connectivity index (χ0n) is 8.47. The molecule has 78 valence electrons. The Kier molecular flexibility index (Phi) is 5.66. The van der Waals surface area contributed by atoms with Crippen molar-refractivity contribution in [2.24, 2.45) is 11.1 Å². The predicted molar refractivity (Wildman–Crippen MR) is 52.2 cm³/mol. The van der Waals surface area contributed by atoms with Crippen LogP contribution < -0.4 is 11.1 Å². The van der Waals surface area contributed by atoms with E-state index in [1.54, 1.807) is 0 Å². The van der Waals surface area contributed by atoms with Gasteiger partial charge < -0.3 is 16.2 Å². The Morgan fingerprint density at radius 3 is 2.62 bits per heavy atom. The third-order valence-electron chi connectivity index (χ3n) is 1.92. The van der Waals surface area contributed by atoms with Crippen molar-refractivity contribution in [2.75, 3.05) is 19.7 Å². The van der Waals surface area contributed by atoms with E-state index in [0.29, 0.717) is 25.9 Å². The Hall–Kier alpha value is -0.610. The van der Waals surface area contributed by atoms with Crippen LogP contribution in [0.25, 0.3) is 0 Å². The summed E-state index contributed by atoms with van der Waals surface area (Å²) in [5.74, 6) is -0.0199. The second kappa shape index (κ2) is 5.94. The molecule has 4 N–H and O–H groups in total. The second-order valence-electron chi connectivity index (χ2n) is 3.95. The fourth-order valence-corrected chi connectivity index (χ4v) is 0.948. The normalized spacial score (nSPS) is 11.4. The molecule has 0 unspecified atom stereocenters. The first-order valence-corrected chi connectivity index (χ1v) is 4.59. The van der Waals surface area contributed by atoms with Crippen molar-refractivity contribution in [1.29, 1.82) is 0 Å². The number of amides is 1. The van der Waals surface area contributed by atoms with Crippen molar-refractivity contribution >= 4 is 5.91 Å². The van der Waals surface area contributed by atoms with Crippen LogP contribution in [0.1, 0.15) is 26.7 Å². The van der Waals surface area contributed by atoms with Gasteiger partial charge in [0.25, 0.3) is 0 Å². The SMILES string of the molecule is CC(C)(CCO)CNC(=O)CCN. The topological polar surface area (TPSA) is 75.3 Å². The third-order valence-corrected chi connectivity index (χ3v) is 1.92. The van der Waals surface area contributed by atoms with Gasteiger partial charge in [-0.05, 0) is 11.8 Å². The fraction of sp³-hybridized carbons (Fsp3) is 0.889. The maximum atomic E-state index is 11.0. The predicted octanol–water partition coefficient (Wildman–Crippen LogP) is -0.140. The van der Waals surface area contributed by atoms with Gasteiger partial charge in [-0.1, -0.05) is 13.8 Å². The summed E-state index contributed by atoms with van der Waals surface area (Å²) in [5, 5.41) is 11.5. The highest BCUT2D eigenvalue weighted by molar-refractivity contribution is 5.76. The molecule has 0 radical (unpaired) electrons. The molecule has 1 amide bonds. The van der Waals surface area contributed by atoms with E-state index in [0.717, 1.165) is 0 Å². The Morgan fingerprint density at radius 2 is 2.15 bits per heavy atom. The number of rotatable bonds is 6. The van der Waals surface area contributed by atoms with Gasteiger partial charge in [-0.15, -0.1) is 0 Å². The van der Waals surface area contributed by atoms with Crippen molar-refractivity contribution in [3.63, 3.8) is 0 Å². The van der Waals surface area contributed by atoms with E-state index in [-0.39, 0.29) is 17.9 Å². The largest absolute Gasteiger partial charge is 0.396 e. The van der Waals surface area contributed by atoms with Gasteiger partial charge >= 0.3 is 0 Å². The summed E-state index contributed by atoms with van der Waals surface area (Å²) in [4.78, 5) is 11.0. The lowest BCUT2D eigenvalue weighted by Gasteiger charge is -2.23. The van der Waals surface area contributed by atoms with E-state index < -0.39 is 0 Å². The van der Waals surface area contributed by atoms with Gasteiger partial charge in [0.05, 0.1) is 0 Å². The zero-order chi connectivity index (χ0) is 10.3. The van der Waals surface area contributed by atoms with E-state index in [1.165, 1.54) is 0 Å². The highest BCUT2D eigenvalue weighted by atomic mass is 16.3. The molecule has 0 saturated carbocycles. The van der Waals surface area contributed by atoms with Gasteiger partial charge in [0.15, 0.2) is 0 Å². The van der Waals surface area contributed by atoms with E-state index in [2.05, 4.69) is 5.32 Å². The molecule has 0 heterocycles. The monoisotopic (exact) mass is 188 g/mol. The van der Waals surface area contributed by atoms with Crippen LogP contribution in [0.4, 0.5) is 0 Å². The molecule has 0 bridgehead atoms. The van der Waals surface area contributed by atoms with Crippen molar-refractivity contribution in [3.8, 4) is 0 Å². The van der Waals surface area contributed by atoms with Gasteiger partial charge in [-0.25, -0.2) is 0 Å². The number of hydrogen-bond acceptors (Lipinski definition) is 3. The molecule has 0 aromatic heterocycles. The average Bonchev–Trinajstić information content (AvgIpc) is 2.02. The average molecular weight is 188 g/mol. The Labute approximate surface area is 79.5 Å². The van der Waals surface area contributed by atoms with Crippen molar-refractivity contribution in [2.45, 2.75) is 26.7 Å². The summed E-state index contributed by atoms with van der Waals surface area (Å²) in [7, 11) is 0. The molecular formula is C9H20N2O2. The van der Waals surface area contributed by atoms with Crippen LogP contribution in [0.2, 0.25) is 0 Å². The van der Waals surface area contributed by atoms with Crippen LogP contribution >= 0.6 is 0 Å². The van der Waals surface area contributed by atoms with E-state index >= 15 is 0 Å². The van der Waals surface area contributed by atoms with Crippen LogP contribution in [0.15, 0.2) is 0 Å². The first-order valence-electron chi connectivity index (χ1n) is 4.59. The molecule has 0 rings (SSSR count). The summed E-state index contributed by atoms with van der Waals surface area (Å²) in [6, 6.07) is 0. The lowest BCUT2D eigenvalue weighted by molar-refractivity contribution is -0.121. The third kappa shape index (κ3) is 6.54. The summed E-state index contributed by atoms with van der Waals surface area (Å²) in [6.07, 6.45) is 1.06. The van der Waals surface area contributed by atoms with Gasteiger partial charge in [0.2, 0.25) is 5.91 Å². The highest BCUT2D eigenvalue weighted by Crippen LogP contribution is 2.17. The molecule has 4 nitrogen and oxygen atoms in total. The van der Waals surface area contributed by atoms with Crippen LogP contribution in [0.3, 0.4) is 0 Å². The van der Waals surface area contributed by atoms with E-state index in [1.807, 2.05) is 13.8 Å². The van der Waals surface area contributed by atoms with Crippen LogP contribution in [-0.4, -0.2) is 30.7 Å². The number of nitrogens with one attached hydrogen (secondary N) is 1. The quantitative estimate of drug-likeness (QED) is 0.543. The smallest absolute Gasteiger partial charge is 0.221 e. The first-order chi connectivity index (χ1) is 6.02. The van der Waals surface area contributed by atoms with Crippen LogP contribution in [0.5, 0.6) is 0 Å². The van der Waals surface area contributed by atoms with Crippen LogP contribution in [0, 0.1) is 5.41 Å². The number of carbonyl (C=O) groups excluding carboxylic acids is 1. The summed E-state index contributed by atoms with van der Waals surface area (Å²) in [5.41, 5.74) is 5.18. The molecule has 0 saturated heterocycles. The Bertz CT molecular complexity index is 158. The van der Waals surface area contributed by atoms with Gasteiger partial charge in [-0.2, -0.15) is 0 Å². The molecule has 0 fully saturated rings. The molecule has 4 heteroatoms. The zero-order valence-corrected chi connectivity index (χ0v) is 8.47. The molecular weight excluding hydrogens is 168 g/mol. The maximum Gasteiger partial charge on any atom is 0.221 e. The molecule has 0 aliphatic rings. The first kappa shape index (κ1) is 12.4. The summed E-state index contributed by atoms with van der Waals surface area (Å²) in [6.45, 7) is 5.14. The summed E-state index contributed by atoms with van der Waals surface area (Å²) >= 11 is 0. The lowest BCUT2D eigenvalue weighted by atomic mass is 9.90. The fourth-order valence-electron chi connectivity index (χ4n) is 0.948. The molecule has 13 heavy (non-hydrogen) atoms. The minimum Gasteiger partial charge on any atom is -0.396 e. The van der Waals surface area contributed by atoms with E-state index in [9.17, 15) is 4.79 Å². The standard InChI is InChI=1S/C9H20N2O2/c1-9(2,4-6-12)7-11-8(13)3-5-10/h12H,3-7,10H2,1-2H3,(H,11,13). The van der Waals surface area contributed by atoms with Gasteiger partial charge in [-0.3, -0.25) is 4.79 Å². The number of hydrogen-bond donors (Lipinski definition) is 3. The molecule has 0 aromatic carbocycles. The number of carbonyl (C=O) groups is 1. The molecule has 0 atom stereocenters. The van der Waals surface area contributed by atoms with Gasteiger partial charge in [0.1, 0.15) is 0 Å². The number of nitrogens with two attached hydrogens (primary N) is 1. The highest BCUT2D eigenvalue weighted by Gasteiger charge is 2.17. The second-order valence-corrected chi connectivity index (χ2v) is 3.95. The molecule has 0 aliphatic carbocycles. The summed E-state index contributed by atoms with van der Waals surface area (Å²) < 4.78 is 0. The van der Waals surface area contributed by atoms with Crippen molar-refractivity contribution in [3.05, 3.63) is 0 Å². The Balaban J connectivity index is 3.67. The minimum atomic E-state index is -0.0427. The van der Waals surface area contributed by atoms with Crippen molar-refractivity contribution < 1.29 is 9.90 Å². The van der Waals surface area contributed by atoms with Gasteiger partial charge in [0, 0.05) is 26.1 Å². The molecule has 0 spiro atoms. The minimum absolute atomic E-state index is 0.0199. The van der Waals surface area contributed by atoms with Crippen molar-refractivity contribution in [1.82, 2.24) is 5.32 Å². The number of aliphatic hydroxyl groups excluding tert-OH is 1. The van der Waals surface area contributed by atoms with Crippen LogP contribution in [-0.2, 0) is 4.79 Å². The lowest BCUT2D eigenvalue weighted by Crippen LogP contribution is -2.35. The Morgan fingerprint density at radius 1 is 1.54 bits per heavy atom. The molecule has 0 aromatic rings. The van der Waals surface area contributed by atoms with E-state index in [4.69, 9.17) is 10.8 Å².